The number of hydrogen-bond acceptors (Lipinski definition) is 7. The summed E-state index contributed by atoms with van der Waals surface area (Å²) in [6.45, 7) is 5.00. The highest BCUT2D eigenvalue weighted by Gasteiger charge is 2.29. The molecule has 10 heteroatoms. The molecular formula is C29H33FN4O4S. The van der Waals surface area contributed by atoms with E-state index < -0.39 is 11.9 Å². The number of piperazine rings is 1. The normalized spacial score (nSPS) is 16.7. The molecule has 2 N–H and O–H groups in total. The fraction of sp³-hybridized carbons (Fsp3) is 0.379. The molecule has 0 spiro atoms. The minimum absolute atomic E-state index is 0.174. The Balaban J connectivity index is 0.000000386. The summed E-state index contributed by atoms with van der Waals surface area (Å²) in [6, 6.07) is 11.5. The Morgan fingerprint density at radius 1 is 1.10 bits per heavy atom. The van der Waals surface area contributed by atoms with Crippen LogP contribution in [0.15, 0.2) is 42.6 Å². The van der Waals surface area contributed by atoms with Gasteiger partial charge in [0, 0.05) is 43.2 Å². The third kappa shape index (κ3) is 7.48. The summed E-state index contributed by atoms with van der Waals surface area (Å²) in [7, 11) is 2.21. The number of pyridine rings is 1. The fourth-order valence-electron chi connectivity index (χ4n) is 4.85. The van der Waals surface area contributed by atoms with Gasteiger partial charge in [0.2, 0.25) is 0 Å². The van der Waals surface area contributed by atoms with Crippen molar-refractivity contribution in [3.05, 3.63) is 80.1 Å². The highest BCUT2D eigenvalue weighted by molar-refractivity contribution is 7.11. The summed E-state index contributed by atoms with van der Waals surface area (Å²) >= 11 is 1.79. The average molecular weight is 553 g/mol. The first-order chi connectivity index (χ1) is 18.7. The Bertz CT molecular complexity index is 1430. The van der Waals surface area contributed by atoms with Gasteiger partial charge in [-0.05, 0) is 55.8 Å². The molecular weight excluding hydrogens is 519 g/mol. The number of benzene rings is 1. The molecule has 1 atom stereocenters. The zero-order valence-corrected chi connectivity index (χ0v) is 23.0. The molecule has 8 nitrogen and oxygen atoms in total. The number of aromatic nitrogens is 2. The van der Waals surface area contributed by atoms with Crippen molar-refractivity contribution in [3.63, 3.8) is 0 Å². The highest BCUT2D eigenvalue weighted by Crippen LogP contribution is 2.29. The molecule has 1 saturated heterocycles. The fourth-order valence-corrected chi connectivity index (χ4v) is 5.75. The summed E-state index contributed by atoms with van der Waals surface area (Å²) in [5, 5.41) is 19.2. The third-order valence-corrected chi connectivity index (χ3v) is 7.92. The lowest BCUT2D eigenvalue weighted by molar-refractivity contribution is -0.143. The molecule has 2 aromatic heterocycles. The largest absolute Gasteiger partial charge is 0.481 e. The Labute approximate surface area is 230 Å². The summed E-state index contributed by atoms with van der Waals surface area (Å²) in [5.41, 5.74) is 3.48. The first kappa shape index (κ1) is 28.4. The van der Waals surface area contributed by atoms with Crippen LogP contribution in [0.5, 0.6) is 0 Å². The summed E-state index contributed by atoms with van der Waals surface area (Å²) < 4.78 is 13.2. The van der Waals surface area contributed by atoms with E-state index in [1.54, 1.807) is 23.5 Å². The predicted octanol–water partition coefficient (Wildman–Crippen LogP) is 2.66. The van der Waals surface area contributed by atoms with Crippen molar-refractivity contribution in [2.75, 3.05) is 26.7 Å². The summed E-state index contributed by atoms with van der Waals surface area (Å²) in [4.78, 5) is 35.3. The number of carboxylic acid groups (broad SMARTS) is 2. The second kappa shape index (κ2) is 12.9. The number of likely N-dealkylation sites (N-methyl/N-ethyl adjacent to an activating group) is 1. The lowest BCUT2D eigenvalue weighted by Crippen LogP contribution is -2.52. The molecule has 1 unspecified atom stereocenters. The van der Waals surface area contributed by atoms with Gasteiger partial charge in [-0.1, -0.05) is 24.3 Å². The van der Waals surface area contributed by atoms with Crippen molar-refractivity contribution in [1.82, 2.24) is 19.8 Å². The van der Waals surface area contributed by atoms with Gasteiger partial charge in [0.15, 0.2) is 0 Å². The maximum absolute atomic E-state index is 13.2. The van der Waals surface area contributed by atoms with Crippen LogP contribution in [0.4, 0.5) is 4.39 Å². The molecule has 3 aromatic rings. The lowest BCUT2D eigenvalue weighted by Gasteiger charge is -2.41. The Morgan fingerprint density at radius 3 is 2.51 bits per heavy atom. The molecule has 5 rings (SSSR count). The maximum Gasteiger partial charge on any atom is 0.303 e. The van der Waals surface area contributed by atoms with Crippen LogP contribution in [0.2, 0.25) is 0 Å². The van der Waals surface area contributed by atoms with E-state index >= 15 is 0 Å². The van der Waals surface area contributed by atoms with Gasteiger partial charge in [-0.15, -0.1) is 11.3 Å². The van der Waals surface area contributed by atoms with E-state index in [0.717, 1.165) is 54.9 Å². The molecule has 0 amide bonds. The van der Waals surface area contributed by atoms with E-state index in [2.05, 4.69) is 35.9 Å². The van der Waals surface area contributed by atoms with E-state index in [9.17, 15) is 14.0 Å². The number of halogens is 1. The van der Waals surface area contributed by atoms with Crippen molar-refractivity contribution < 1.29 is 24.2 Å². The van der Waals surface area contributed by atoms with Crippen molar-refractivity contribution in [2.45, 2.75) is 45.1 Å². The minimum Gasteiger partial charge on any atom is -0.481 e. The molecule has 0 bridgehead atoms. The zero-order chi connectivity index (χ0) is 27.9. The first-order valence-electron chi connectivity index (χ1n) is 13.0. The lowest BCUT2D eigenvalue weighted by atomic mass is 10.0. The number of carboxylic acids is 2. The van der Waals surface area contributed by atoms with Gasteiger partial charge in [0.05, 0.1) is 28.9 Å². The Hall–Kier alpha value is -3.63. The SMILES string of the molecule is Cc1nc2c(s1)CC=c1cccnc1=C2N1CCN(C)C(CCc2ccc(F)cc2)C1.O=C(O)CCC(=O)O. The summed E-state index contributed by atoms with van der Waals surface area (Å²) in [6.07, 6.45) is 6.47. The van der Waals surface area contributed by atoms with E-state index in [4.69, 9.17) is 20.2 Å². The molecule has 0 radical (unpaired) electrons. The Morgan fingerprint density at radius 2 is 1.82 bits per heavy atom. The predicted molar refractivity (Wildman–Crippen MR) is 148 cm³/mol. The number of thiazole rings is 1. The van der Waals surface area contributed by atoms with E-state index in [1.807, 2.05) is 24.4 Å². The minimum atomic E-state index is -1.08. The van der Waals surface area contributed by atoms with Crippen LogP contribution in [0, 0.1) is 12.7 Å². The number of hydrogen-bond donors (Lipinski definition) is 2. The summed E-state index contributed by atoms with van der Waals surface area (Å²) in [5.74, 6) is -2.33. The van der Waals surface area contributed by atoms with Crippen LogP contribution in [0.25, 0.3) is 11.8 Å². The second-order valence-electron chi connectivity index (χ2n) is 9.74. The van der Waals surface area contributed by atoms with Gasteiger partial charge in [0.1, 0.15) is 11.5 Å². The van der Waals surface area contributed by atoms with Crippen LogP contribution in [0.1, 0.15) is 40.4 Å². The van der Waals surface area contributed by atoms with Crippen LogP contribution >= 0.6 is 11.3 Å². The molecule has 3 heterocycles. The second-order valence-corrected chi connectivity index (χ2v) is 11.0. The molecule has 1 fully saturated rings. The molecule has 206 valence electrons. The van der Waals surface area contributed by atoms with Crippen molar-refractivity contribution in [3.8, 4) is 0 Å². The number of carbonyl (C=O) groups is 2. The van der Waals surface area contributed by atoms with Crippen molar-refractivity contribution in [2.24, 2.45) is 0 Å². The van der Waals surface area contributed by atoms with Crippen LogP contribution in [-0.4, -0.2) is 74.6 Å². The van der Waals surface area contributed by atoms with Gasteiger partial charge in [-0.2, -0.15) is 0 Å². The van der Waals surface area contributed by atoms with Gasteiger partial charge in [-0.25, -0.2) is 9.37 Å². The molecule has 1 aromatic carbocycles. The average Bonchev–Trinajstić information content (AvgIpc) is 3.21. The molecule has 2 aliphatic rings. The molecule has 1 aliphatic heterocycles. The Kier molecular flexibility index (Phi) is 9.42. The topological polar surface area (TPSA) is 107 Å². The quantitative estimate of drug-likeness (QED) is 0.461. The maximum atomic E-state index is 13.2. The molecule has 0 saturated carbocycles. The number of aliphatic carboxylic acids is 2. The highest BCUT2D eigenvalue weighted by atomic mass is 32.1. The monoisotopic (exact) mass is 552 g/mol. The van der Waals surface area contributed by atoms with Crippen LogP contribution < -0.4 is 10.6 Å². The number of nitrogens with zero attached hydrogens (tertiary/aromatic N) is 4. The smallest absolute Gasteiger partial charge is 0.303 e. The van der Waals surface area contributed by atoms with Crippen LogP contribution in [-0.2, 0) is 22.4 Å². The molecule has 39 heavy (non-hydrogen) atoms. The van der Waals surface area contributed by atoms with Crippen molar-refractivity contribution in [1.29, 1.82) is 0 Å². The van der Waals surface area contributed by atoms with E-state index in [1.165, 1.54) is 21.4 Å². The van der Waals surface area contributed by atoms with Crippen LogP contribution in [0.3, 0.4) is 0 Å². The number of fused-ring (bicyclic) bond motifs is 2. The standard InChI is InChI=1S/C25H27FN4S.C4H6O4/c1-17-28-24-22(31-17)12-8-19-4-3-13-27-23(19)25(24)30-15-14-29(2)21(16-30)11-7-18-5-9-20(26)10-6-18;5-3(6)1-2-4(7)8/h3-6,8-10,13,21H,7,11-12,14-16H2,1-2H3;1-2H2,(H,5,6)(H,7,8). The van der Waals surface area contributed by atoms with Gasteiger partial charge in [0.25, 0.3) is 0 Å². The molecule has 1 aliphatic carbocycles. The van der Waals surface area contributed by atoms with Gasteiger partial charge < -0.3 is 15.1 Å². The van der Waals surface area contributed by atoms with Crippen molar-refractivity contribution >= 4 is 35.0 Å². The third-order valence-electron chi connectivity index (χ3n) is 6.92. The number of rotatable bonds is 7. The van der Waals surface area contributed by atoms with E-state index in [0.29, 0.717) is 6.04 Å². The number of aryl methyl sites for hydroxylation is 2. The van der Waals surface area contributed by atoms with E-state index in [-0.39, 0.29) is 18.7 Å². The van der Waals surface area contributed by atoms with Gasteiger partial charge in [-0.3, -0.25) is 19.5 Å². The zero-order valence-electron chi connectivity index (χ0n) is 22.1. The first-order valence-corrected chi connectivity index (χ1v) is 13.8. The van der Waals surface area contributed by atoms with Gasteiger partial charge >= 0.3 is 11.9 Å².